The van der Waals surface area contributed by atoms with E-state index in [1.807, 2.05) is 30.3 Å². The Morgan fingerprint density at radius 1 is 1.04 bits per heavy atom. The van der Waals surface area contributed by atoms with Crippen LogP contribution in [0.4, 0.5) is 0 Å². The molecule has 3 rings (SSSR count). The van der Waals surface area contributed by atoms with Gasteiger partial charge in [-0.3, -0.25) is 0 Å². The SMILES string of the molecule is CC1CCN(CC2CCCN(CC(O)c3ccccc3)C2)CC1. The molecule has 1 aromatic carbocycles. The van der Waals surface area contributed by atoms with Gasteiger partial charge in [-0.2, -0.15) is 0 Å². The fourth-order valence-electron chi connectivity index (χ4n) is 4.10. The highest BCUT2D eigenvalue weighted by Crippen LogP contribution is 2.23. The van der Waals surface area contributed by atoms with Gasteiger partial charge in [0.05, 0.1) is 6.10 Å². The fraction of sp³-hybridized carbons (Fsp3) is 0.700. The van der Waals surface area contributed by atoms with Crippen LogP contribution < -0.4 is 0 Å². The number of hydrogen-bond donors (Lipinski definition) is 1. The molecule has 2 saturated heterocycles. The van der Waals surface area contributed by atoms with Gasteiger partial charge in [-0.25, -0.2) is 0 Å². The van der Waals surface area contributed by atoms with Crippen molar-refractivity contribution in [2.75, 3.05) is 39.3 Å². The molecule has 0 amide bonds. The summed E-state index contributed by atoms with van der Waals surface area (Å²) in [6.45, 7) is 9.26. The normalized spacial score (nSPS) is 26.3. The van der Waals surface area contributed by atoms with Gasteiger partial charge >= 0.3 is 0 Å². The van der Waals surface area contributed by atoms with Crippen LogP contribution in [0, 0.1) is 11.8 Å². The lowest BCUT2D eigenvalue weighted by molar-refractivity contribution is 0.0682. The van der Waals surface area contributed by atoms with Crippen molar-refractivity contribution in [3.05, 3.63) is 35.9 Å². The van der Waals surface area contributed by atoms with E-state index in [4.69, 9.17) is 0 Å². The van der Waals surface area contributed by atoms with E-state index >= 15 is 0 Å². The number of aliphatic hydroxyl groups is 1. The smallest absolute Gasteiger partial charge is 0.0916 e. The summed E-state index contributed by atoms with van der Waals surface area (Å²) >= 11 is 0. The summed E-state index contributed by atoms with van der Waals surface area (Å²) in [7, 11) is 0. The number of hydrogen-bond acceptors (Lipinski definition) is 3. The zero-order valence-corrected chi connectivity index (χ0v) is 14.5. The van der Waals surface area contributed by atoms with E-state index in [0.717, 1.165) is 37.0 Å². The minimum Gasteiger partial charge on any atom is -0.387 e. The summed E-state index contributed by atoms with van der Waals surface area (Å²) in [5.41, 5.74) is 1.04. The maximum Gasteiger partial charge on any atom is 0.0916 e. The first kappa shape index (κ1) is 16.9. The average molecular weight is 316 g/mol. The molecule has 0 aliphatic carbocycles. The Hall–Kier alpha value is -0.900. The van der Waals surface area contributed by atoms with E-state index in [1.165, 1.54) is 45.3 Å². The van der Waals surface area contributed by atoms with E-state index in [2.05, 4.69) is 16.7 Å². The molecule has 2 aliphatic heterocycles. The molecule has 2 atom stereocenters. The van der Waals surface area contributed by atoms with Crippen LogP contribution in [0.25, 0.3) is 0 Å². The molecular formula is C20H32N2O. The lowest BCUT2D eigenvalue weighted by Crippen LogP contribution is -2.44. The van der Waals surface area contributed by atoms with Crippen LogP contribution in [0.5, 0.6) is 0 Å². The maximum atomic E-state index is 10.5. The Morgan fingerprint density at radius 3 is 2.52 bits per heavy atom. The Bertz CT molecular complexity index is 456. The molecule has 3 heteroatoms. The molecule has 2 heterocycles. The van der Waals surface area contributed by atoms with Gasteiger partial charge in [0.15, 0.2) is 0 Å². The third-order valence-corrected chi connectivity index (χ3v) is 5.61. The molecule has 23 heavy (non-hydrogen) atoms. The Labute approximate surface area is 141 Å². The van der Waals surface area contributed by atoms with E-state index in [-0.39, 0.29) is 6.10 Å². The largest absolute Gasteiger partial charge is 0.387 e. The minimum absolute atomic E-state index is 0.356. The van der Waals surface area contributed by atoms with Crippen molar-refractivity contribution in [3.8, 4) is 0 Å². The highest BCUT2D eigenvalue weighted by atomic mass is 16.3. The first-order valence-corrected chi connectivity index (χ1v) is 9.38. The molecule has 0 spiro atoms. The number of nitrogens with zero attached hydrogens (tertiary/aromatic N) is 2. The summed E-state index contributed by atoms with van der Waals surface area (Å²) in [5.74, 6) is 1.69. The van der Waals surface area contributed by atoms with Gasteiger partial charge in [0.25, 0.3) is 0 Å². The van der Waals surface area contributed by atoms with Crippen molar-refractivity contribution in [2.24, 2.45) is 11.8 Å². The van der Waals surface area contributed by atoms with Crippen LogP contribution in [0.15, 0.2) is 30.3 Å². The monoisotopic (exact) mass is 316 g/mol. The van der Waals surface area contributed by atoms with E-state index < -0.39 is 0 Å². The van der Waals surface area contributed by atoms with Crippen molar-refractivity contribution >= 4 is 0 Å². The Kier molecular flexibility index (Phi) is 6.09. The standard InChI is InChI=1S/C20H32N2O/c1-17-9-12-21(13-10-17)14-18-6-5-11-22(15-18)16-20(23)19-7-3-2-4-8-19/h2-4,7-8,17-18,20,23H,5-6,9-16H2,1H3. The average Bonchev–Trinajstić information content (AvgIpc) is 2.58. The van der Waals surface area contributed by atoms with E-state index in [9.17, 15) is 5.11 Å². The molecule has 3 nitrogen and oxygen atoms in total. The van der Waals surface area contributed by atoms with Crippen molar-refractivity contribution in [1.29, 1.82) is 0 Å². The summed E-state index contributed by atoms with van der Waals surface area (Å²) in [4.78, 5) is 5.14. The topological polar surface area (TPSA) is 26.7 Å². The number of rotatable bonds is 5. The molecule has 2 unspecified atom stereocenters. The van der Waals surface area contributed by atoms with Crippen LogP contribution in [0.3, 0.4) is 0 Å². The third kappa shape index (κ3) is 5.03. The number of β-amino-alcohol motifs (C(OH)–C–C–N with tert-alkyl or cyclic N) is 1. The maximum absolute atomic E-state index is 10.5. The van der Waals surface area contributed by atoms with Crippen molar-refractivity contribution < 1.29 is 5.11 Å². The predicted molar refractivity (Wildman–Crippen MR) is 95.4 cm³/mol. The summed E-state index contributed by atoms with van der Waals surface area (Å²) in [6.07, 6.45) is 5.00. The minimum atomic E-state index is -0.356. The molecule has 0 aromatic heterocycles. The quantitative estimate of drug-likeness (QED) is 0.904. The zero-order chi connectivity index (χ0) is 16.1. The second kappa shape index (κ2) is 8.27. The van der Waals surface area contributed by atoms with Crippen LogP contribution in [0.1, 0.15) is 44.3 Å². The molecule has 1 N–H and O–H groups in total. The predicted octanol–water partition coefficient (Wildman–Crippen LogP) is 3.16. The molecular weight excluding hydrogens is 284 g/mol. The third-order valence-electron chi connectivity index (χ3n) is 5.61. The molecule has 2 aliphatic rings. The Balaban J connectivity index is 1.46. The number of benzene rings is 1. The molecule has 0 saturated carbocycles. The van der Waals surface area contributed by atoms with Crippen LogP contribution in [0.2, 0.25) is 0 Å². The first-order valence-electron chi connectivity index (χ1n) is 9.38. The van der Waals surface area contributed by atoms with E-state index in [0.29, 0.717) is 0 Å². The van der Waals surface area contributed by atoms with Gasteiger partial charge in [0.2, 0.25) is 0 Å². The van der Waals surface area contributed by atoms with Gasteiger partial charge < -0.3 is 14.9 Å². The number of piperidine rings is 2. The van der Waals surface area contributed by atoms with Crippen molar-refractivity contribution in [1.82, 2.24) is 9.80 Å². The lowest BCUT2D eigenvalue weighted by atomic mass is 9.94. The lowest BCUT2D eigenvalue weighted by Gasteiger charge is -2.38. The van der Waals surface area contributed by atoms with Gasteiger partial charge in [0, 0.05) is 19.6 Å². The molecule has 1 aromatic rings. The first-order chi connectivity index (χ1) is 11.2. The summed E-state index contributed by atoms with van der Waals surface area (Å²) in [6, 6.07) is 10.1. The number of likely N-dealkylation sites (tertiary alicyclic amines) is 2. The Morgan fingerprint density at radius 2 is 1.78 bits per heavy atom. The van der Waals surface area contributed by atoms with Crippen molar-refractivity contribution in [3.63, 3.8) is 0 Å². The van der Waals surface area contributed by atoms with Crippen LogP contribution in [-0.2, 0) is 0 Å². The van der Waals surface area contributed by atoms with Gasteiger partial charge in [-0.1, -0.05) is 37.3 Å². The van der Waals surface area contributed by atoms with E-state index in [1.54, 1.807) is 0 Å². The van der Waals surface area contributed by atoms with Crippen LogP contribution >= 0.6 is 0 Å². The second-order valence-corrected chi connectivity index (χ2v) is 7.68. The second-order valence-electron chi connectivity index (χ2n) is 7.68. The van der Waals surface area contributed by atoms with Gasteiger partial charge in [0.1, 0.15) is 0 Å². The highest BCUT2D eigenvalue weighted by molar-refractivity contribution is 5.17. The summed E-state index contributed by atoms with van der Waals surface area (Å²) in [5, 5.41) is 10.5. The summed E-state index contributed by atoms with van der Waals surface area (Å²) < 4.78 is 0. The molecule has 2 fully saturated rings. The van der Waals surface area contributed by atoms with Crippen molar-refractivity contribution in [2.45, 2.75) is 38.7 Å². The zero-order valence-electron chi connectivity index (χ0n) is 14.5. The van der Waals surface area contributed by atoms with Gasteiger partial charge in [-0.15, -0.1) is 0 Å². The fourth-order valence-corrected chi connectivity index (χ4v) is 4.10. The van der Waals surface area contributed by atoms with Crippen LogP contribution in [-0.4, -0.2) is 54.2 Å². The molecule has 128 valence electrons. The molecule has 0 radical (unpaired) electrons. The van der Waals surface area contributed by atoms with Gasteiger partial charge in [-0.05, 0) is 62.7 Å². The molecule has 0 bridgehead atoms. The highest BCUT2D eigenvalue weighted by Gasteiger charge is 2.25. The number of aliphatic hydroxyl groups excluding tert-OH is 1.